The predicted octanol–water partition coefficient (Wildman–Crippen LogP) is 5.17. The number of nitrogens with one attached hydrogen (secondary N) is 3. The lowest BCUT2D eigenvalue weighted by Gasteiger charge is -2.28. The third-order valence-corrected chi connectivity index (χ3v) is 7.14. The number of rotatable bonds is 12. The summed E-state index contributed by atoms with van der Waals surface area (Å²) in [6.45, 7) is 3.17. The van der Waals surface area contributed by atoms with Crippen LogP contribution in [0.3, 0.4) is 0 Å². The van der Waals surface area contributed by atoms with Crippen molar-refractivity contribution in [1.29, 1.82) is 5.26 Å². The molecule has 0 spiro atoms. The molecule has 0 unspecified atom stereocenters. The zero-order valence-corrected chi connectivity index (χ0v) is 26.5. The third-order valence-electron chi connectivity index (χ3n) is 6.58. The number of nitrogens with zero attached hydrogens (tertiary/aromatic N) is 2. The van der Waals surface area contributed by atoms with Crippen LogP contribution in [0.5, 0.6) is 17.2 Å². The first-order valence-electron chi connectivity index (χ1n) is 13.8. The van der Waals surface area contributed by atoms with Crippen LogP contribution < -0.4 is 30.3 Å². The number of halogens is 2. The zero-order chi connectivity index (χ0) is 33.2. The summed E-state index contributed by atoms with van der Waals surface area (Å²) in [5, 5.41) is 18.9. The maximum absolute atomic E-state index is 12.6. The van der Waals surface area contributed by atoms with Crippen molar-refractivity contribution >= 4 is 47.3 Å². The highest BCUT2D eigenvalue weighted by Gasteiger charge is 2.32. The second-order valence-corrected chi connectivity index (χ2v) is 10.5. The molecule has 4 rings (SSSR count). The Labute approximate surface area is 274 Å². The quantitative estimate of drug-likeness (QED) is 0.136. The molecule has 0 radical (unpaired) electrons. The summed E-state index contributed by atoms with van der Waals surface area (Å²) in [5.74, 6) is -0.373. The van der Waals surface area contributed by atoms with E-state index in [0.717, 1.165) is 0 Å². The van der Waals surface area contributed by atoms with Crippen molar-refractivity contribution in [2.45, 2.75) is 26.5 Å². The molecule has 1 aliphatic heterocycles. The van der Waals surface area contributed by atoms with Crippen LogP contribution in [0.1, 0.15) is 42.1 Å². The maximum Gasteiger partial charge on any atom is 0.338 e. The summed E-state index contributed by atoms with van der Waals surface area (Å²) in [5.41, 5.74) is 5.19. The van der Waals surface area contributed by atoms with Gasteiger partial charge in [0.15, 0.2) is 23.9 Å². The summed E-state index contributed by atoms with van der Waals surface area (Å²) in [6, 6.07) is 15.8. The van der Waals surface area contributed by atoms with Crippen molar-refractivity contribution in [2.24, 2.45) is 5.10 Å². The summed E-state index contributed by atoms with van der Waals surface area (Å²) >= 11 is 12.7. The standard InChI is InChI=1S/C32H29Cl2N5O7/c1-4-44-31(41)28-18(2)37-32(42)38-29(28)20-9-10-25(26(13-20)43-3)45-17-27(40)39-36-15-19-11-23(33)30(24(34)12-19)46-16-22-8-6-5-7-21(22)14-35/h5-13,15,29H,4,16-17H2,1-3H3,(H,39,40)(H2,37,38,42)/b36-15-/t29-/m0/s1. The van der Waals surface area contributed by atoms with E-state index in [2.05, 4.69) is 27.2 Å². The minimum absolute atomic E-state index is 0.0974. The van der Waals surface area contributed by atoms with Gasteiger partial charge < -0.3 is 29.6 Å². The van der Waals surface area contributed by atoms with Crippen molar-refractivity contribution in [3.8, 4) is 23.3 Å². The Morgan fingerprint density at radius 3 is 2.52 bits per heavy atom. The number of hydrogen-bond donors (Lipinski definition) is 3. The van der Waals surface area contributed by atoms with Crippen LogP contribution in [-0.4, -0.2) is 44.4 Å². The Bertz CT molecular complexity index is 1730. The van der Waals surface area contributed by atoms with Crippen molar-refractivity contribution < 1.29 is 33.3 Å². The Morgan fingerprint density at radius 1 is 1.09 bits per heavy atom. The van der Waals surface area contributed by atoms with Crippen LogP contribution in [0.2, 0.25) is 10.0 Å². The van der Waals surface area contributed by atoms with Gasteiger partial charge in [-0.05, 0) is 55.3 Å². The molecule has 1 heterocycles. The lowest BCUT2D eigenvalue weighted by Crippen LogP contribution is -2.45. The second kappa shape index (κ2) is 15.7. The van der Waals surface area contributed by atoms with Crippen molar-refractivity contribution in [3.05, 3.63) is 98.2 Å². The summed E-state index contributed by atoms with van der Waals surface area (Å²) in [4.78, 5) is 37.2. The molecule has 1 aliphatic rings. The Hall–Kier alpha value is -5.25. The van der Waals surface area contributed by atoms with Crippen molar-refractivity contribution in [2.75, 3.05) is 20.3 Å². The smallest absolute Gasteiger partial charge is 0.338 e. The average molecular weight is 667 g/mol. The molecule has 238 valence electrons. The monoisotopic (exact) mass is 665 g/mol. The highest BCUT2D eigenvalue weighted by Crippen LogP contribution is 2.36. The molecule has 3 N–H and O–H groups in total. The Balaban J connectivity index is 1.36. The van der Waals surface area contributed by atoms with E-state index in [1.54, 1.807) is 68.4 Å². The first-order chi connectivity index (χ1) is 22.1. The molecule has 3 aromatic carbocycles. The number of hydrogen-bond acceptors (Lipinski definition) is 9. The minimum Gasteiger partial charge on any atom is -0.493 e. The van der Waals surface area contributed by atoms with Crippen LogP contribution in [0.15, 0.2) is 71.0 Å². The van der Waals surface area contributed by atoms with Crippen LogP contribution in [0, 0.1) is 11.3 Å². The molecule has 3 aromatic rings. The van der Waals surface area contributed by atoms with Gasteiger partial charge in [-0.25, -0.2) is 15.0 Å². The summed E-state index contributed by atoms with van der Waals surface area (Å²) in [7, 11) is 1.42. The average Bonchev–Trinajstić information content (AvgIpc) is 3.03. The van der Waals surface area contributed by atoms with Gasteiger partial charge in [-0.1, -0.05) is 47.5 Å². The number of hydrazone groups is 1. The molecular formula is C32H29Cl2N5O7. The number of carbonyl (C=O) groups is 3. The molecule has 14 heteroatoms. The highest BCUT2D eigenvalue weighted by atomic mass is 35.5. The molecule has 0 aromatic heterocycles. The van der Waals surface area contributed by atoms with Crippen LogP contribution in [-0.2, 0) is 20.9 Å². The summed E-state index contributed by atoms with van der Waals surface area (Å²) < 4.78 is 22.0. The zero-order valence-electron chi connectivity index (χ0n) is 25.0. The molecule has 46 heavy (non-hydrogen) atoms. The number of benzene rings is 3. The maximum atomic E-state index is 12.6. The fourth-order valence-electron chi connectivity index (χ4n) is 4.46. The Morgan fingerprint density at radius 2 is 1.83 bits per heavy atom. The molecule has 0 fully saturated rings. The lowest BCUT2D eigenvalue weighted by atomic mass is 9.95. The van der Waals surface area contributed by atoms with Gasteiger partial charge >= 0.3 is 12.0 Å². The van der Waals surface area contributed by atoms with Crippen LogP contribution in [0.25, 0.3) is 0 Å². The van der Waals surface area contributed by atoms with Gasteiger partial charge in [0.05, 0.1) is 53.2 Å². The number of ether oxygens (including phenoxy) is 4. The first-order valence-corrected chi connectivity index (χ1v) is 14.6. The number of urea groups is 1. The predicted molar refractivity (Wildman–Crippen MR) is 170 cm³/mol. The SMILES string of the molecule is CCOC(=O)C1=C(C)NC(=O)N[C@H]1c1ccc(OCC(=O)N/N=C\c2cc(Cl)c(OCc3ccccc3C#N)c(Cl)c2)c(OC)c1. The molecule has 12 nitrogen and oxygen atoms in total. The molecule has 0 saturated carbocycles. The van der Waals surface area contributed by atoms with Crippen molar-refractivity contribution in [1.82, 2.24) is 16.1 Å². The molecule has 0 aliphatic carbocycles. The number of amides is 3. The van der Waals surface area contributed by atoms with E-state index in [1.165, 1.54) is 13.3 Å². The molecule has 0 bridgehead atoms. The minimum atomic E-state index is -0.795. The first kappa shape index (κ1) is 33.6. The van der Waals surface area contributed by atoms with Gasteiger partial charge in [-0.3, -0.25) is 4.79 Å². The van der Waals surface area contributed by atoms with Gasteiger partial charge in [-0.15, -0.1) is 0 Å². The Kier molecular flexibility index (Phi) is 11.4. The topological polar surface area (TPSA) is 160 Å². The number of allylic oxidation sites excluding steroid dienone is 1. The number of esters is 1. The molecular weight excluding hydrogens is 637 g/mol. The van der Waals surface area contributed by atoms with E-state index < -0.39 is 30.6 Å². The fraction of sp³-hybridized carbons (Fsp3) is 0.219. The third kappa shape index (κ3) is 8.26. The van der Waals surface area contributed by atoms with Gasteiger partial charge in [0, 0.05) is 11.3 Å². The number of carbonyl (C=O) groups excluding carboxylic acids is 3. The van der Waals surface area contributed by atoms with E-state index >= 15 is 0 Å². The van der Waals surface area contributed by atoms with E-state index in [9.17, 15) is 19.6 Å². The largest absolute Gasteiger partial charge is 0.493 e. The molecule has 1 atom stereocenters. The van der Waals surface area contributed by atoms with Gasteiger partial charge in [0.1, 0.15) is 6.61 Å². The highest BCUT2D eigenvalue weighted by molar-refractivity contribution is 6.37. The van der Waals surface area contributed by atoms with Gasteiger partial charge in [-0.2, -0.15) is 10.4 Å². The fourth-order valence-corrected chi connectivity index (χ4v) is 5.07. The molecule has 0 saturated heterocycles. The van der Waals surface area contributed by atoms with Gasteiger partial charge in [0.25, 0.3) is 5.91 Å². The summed E-state index contributed by atoms with van der Waals surface area (Å²) in [6.07, 6.45) is 1.35. The normalized spacial score (nSPS) is 14.2. The van der Waals surface area contributed by atoms with Crippen LogP contribution in [0.4, 0.5) is 4.79 Å². The van der Waals surface area contributed by atoms with Crippen molar-refractivity contribution in [3.63, 3.8) is 0 Å². The lowest BCUT2D eigenvalue weighted by molar-refractivity contribution is -0.139. The molecule has 3 amide bonds. The van der Waals surface area contributed by atoms with Crippen LogP contribution >= 0.6 is 23.2 Å². The van der Waals surface area contributed by atoms with E-state index in [0.29, 0.717) is 28.0 Å². The van der Waals surface area contributed by atoms with Gasteiger partial charge in [0.2, 0.25) is 0 Å². The van der Waals surface area contributed by atoms with E-state index in [1.807, 2.05) is 0 Å². The van der Waals surface area contributed by atoms with E-state index in [4.69, 9.17) is 42.1 Å². The number of methoxy groups -OCH3 is 1. The van der Waals surface area contributed by atoms with E-state index in [-0.39, 0.29) is 46.1 Å². The second-order valence-electron chi connectivity index (χ2n) is 9.65. The number of nitriles is 1.